The third-order valence-corrected chi connectivity index (χ3v) is 1.97. The molecule has 1 rings (SSSR count). The molecule has 72 valence electrons. The predicted octanol–water partition coefficient (Wildman–Crippen LogP) is -0.707. The van der Waals surface area contributed by atoms with Crippen LogP contribution in [-0.4, -0.2) is 43.7 Å². The standard InChI is InChI=1S/C8H18N2O2/c1-2-12-8(11)5-7-6-9-3-4-10-7/h7-11H,2-6H2,1H3. The zero-order valence-electron chi connectivity index (χ0n) is 7.55. The van der Waals surface area contributed by atoms with E-state index in [1.807, 2.05) is 6.92 Å². The molecule has 2 atom stereocenters. The first-order valence-electron chi connectivity index (χ1n) is 4.56. The number of hydrogen-bond donors (Lipinski definition) is 3. The molecule has 0 bridgehead atoms. The quantitative estimate of drug-likeness (QED) is 0.493. The van der Waals surface area contributed by atoms with E-state index >= 15 is 0 Å². The molecule has 12 heavy (non-hydrogen) atoms. The molecule has 0 aromatic heterocycles. The SMILES string of the molecule is CCOC(O)CC1CNCCN1. The minimum Gasteiger partial charge on any atom is -0.368 e. The molecule has 0 aromatic rings. The number of rotatable bonds is 4. The molecule has 0 aliphatic carbocycles. The van der Waals surface area contributed by atoms with E-state index in [2.05, 4.69) is 10.6 Å². The average Bonchev–Trinajstić information content (AvgIpc) is 2.06. The lowest BCUT2D eigenvalue weighted by Gasteiger charge is -2.26. The van der Waals surface area contributed by atoms with Gasteiger partial charge in [-0.1, -0.05) is 0 Å². The molecule has 1 aliphatic rings. The van der Waals surface area contributed by atoms with Crippen molar-refractivity contribution >= 4 is 0 Å². The highest BCUT2D eigenvalue weighted by Crippen LogP contribution is 2.00. The second kappa shape index (κ2) is 5.48. The Balaban J connectivity index is 2.11. The summed E-state index contributed by atoms with van der Waals surface area (Å²) in [4.78, 5) is 0. The van der Waals surface area contributed by atoms with Crippen LogP contribution in [0.5, 0.6) is 0 Å². The summed E-state index contributed by atoms with van der Waals surface area (Å²) in [5.41, 5.74) is 0. The fraction of sp³-hybridized carbons (Fsp3) is 1.00. The van der Waals surface area contributed by atoms with Crippen LogP contribution in [0.2, 0.25) is 0 Å². The van der Waals surface area contributed by atoms with Crippen molar-refractivity contribution < 1.29 is 9.84 Å². The highest BCUT2D eigenvalue weighted by atomic mass is 16.6. The largest absolute Gasteiger partial charge is 0.368 e. The Labute approximate surface area is 73.3 Å². The zero-order chi connectivity index (χ0) is 8.81. The van der Waals surface area contributed by atoms with Crippen molar-refractivity contribution in [1.29, 1.82) is 0 Å². The van der Waals surface area contributed by atoms with Crippen molar-refractivity contribution in [3.8, 4) is 0 Å². The van der Waals surface area contributed by atoms with Crippen LogP contribution in [0, 0.1) is 0 Å². The smallest absolute Gasteiger partial charge is 0.156 e. The van der Waals surface area contributed by atoms with Gasteiger partial charge in [0.25, 0.3) is 0 Å². The number of hydrogen-bond acceptors (Lipinski definition) is 4. The van der Waals surface area contributed by atoms with Gasteiger partial charge < -0.3 is 20.5 Å². The van der Waals surface area contributed by atoms with Gasteiger partial charge in [0, 0.05) is 38.7 Å². The summed E-state index contributed by atoms with van der Waals surface area (Å²) in [6.45, 7) is 5.37. The minimum atomic E-state index is -0.618. The summed E-state index contributed by atoms with van der Waals surface area (Å²) in [7, 11) is 0. The molecular formula is C8H18N2O2. The van der Waals surface area contributed by atoms with Crippen molar-refractivity contribution in [1.82, 2.24) is 10.6 Å². The molecule has 0 radical (unpaired) electrons. The van der Waals surface area contributed by atoms with Crippen molar-refractivity contribution in [2.45, 2.75) is 25.7 Å². The Kier molecular flexibility index (Phi) is 4.53. The highest BCUT2D eigenvalue weighted by Gasteiger charge is 2.15. The van der Waals surface area contributed by atoms with Gasteiger partial charge in [0.2, 0.25) is 0 Å². The third kappa shape index (κ3) is 3.49. The third-order valence-electron chi connectivity index (χ3n) is 1.97. The normalized spacial score (nSPS) is 27.0. The summed E-state index contributed by atoms with van der Waals surface area (Å²) in [6.07, 6.45) is 0.0494. The maximum absolute atomic E-state index is 9.31. The maximum Gasteiger partial charge on any atom is 0.156 e. The van der Waals surface area contributed by atoms with Gasteiger partial charge in [-0.25, -0.2) is 0 Å². The Bertz CT molecular complexity index is 116. The fourth-order valence-corrected chi connectivity index (χ4v) is 1.38. The number of piperazine rings is 1. The summed E-state index contributed by atoms with van der Waals surface area (Å²) < 4.78 is 5.03. The van der Waals surface area contributed by atoms with Crippen LogP contribution in [0.25, 0.3) is 0 Å². The number of ether oxygens (including phenoxy) is 1. The Morgan fingerprint density at radius 1 is 1.58 bits per heavy atom. The summed E-state index contributed by atoms with van der Waals surface area (Å²) in [5.74, 6) is 0. The van der Waals surface area contributed by atoms with E-state index in [-0.39, 0.29) is 0 Å². The molecule has 2 unspecified atom stereocenters. The molecular weight excluding hydrogens is 156 g/mol. The predicted molar refractivity (Wildman–Crippen MR) is 46.9 cm³/mol. The van der Waals surface area contributed by atoms with Crippen molar-refractivity contribution in [3.05, 3.63) is 0 Å². The van der Waals surface area contributed by atoms with E-state index in [9.17, 15) is 5.11 Å². The molecule has 0 saturated carbocycles. The molecule has 3 N–H and O–H groups in total. The van der Waals surface area contributed by atoms with Crippen molar-refractivity contribution in [2.75, 3.05) is 26.2 Å². The van der Waals surface area contributed by atoms with Gasteiger partial charge in [-0.15, -0.1) is 0 Å². The van der Waals surface area contributed by atoms with Crippen molar-refractivity contribution in [2.24, 2.45) is 0 Å². The Hall–Kier alpha value is -0.160. The molecule has 1 aliphatic heterocycles. The molecule has 4 nitrogen and oxygen atoms in total. The van der Waals surface area contributed by atoms with Crippen LogP contribution in [0.3, 0.4) is 0 Å². The van der Waals surface area contributed by atoms with E-state index in [0.717, 1.165) is 19.6 Å². The first kappa shape index (κ1) is 9.92. The molecule has 4 heteroatoms. The van der Waals surface area contributed by atoms with Gasteiger partial charge in [0.1, 0.15) is 0 Å². The van der Waals surface area contributed by atoms with Crippen LogP contribution in [0.15, 0.2) is 0 Å². The first-order chi connectivity index (χ1) is 5.83. The van der Waals surface area contributed by atoms with Crippen LogP contribution >= 0.6 is 0 Å². The van der Waals surface area contributed by atoms with Gasteiger partial charge in [-0.2, -0.15) is 0 Å². The zero-order valence-corrected chi connectivity index (χ0v) is 7.55. The Morgan fingerprint density at radius 2 is 2.42 bits per heavy atom. The first-order valence-corrected chi connectivity index (χ1v) is 4.56. The van der Waals surface area contributed by atoms with Gasteiger partial charge in [0.05, 0.1) is 0 Å². The maximum atomic E-state index is 9.31. The van der Waals surface area contributed by atoms with Gasteiger partial charge in [0.15, 0.2) is 6.29 Å². The second-order valence-electron chi connectivity index (χ2n) is 3.00. The van der Waals surface area contributed by atoms with E-state index in [1.54, 1.807) is 0 Å². The second-order valence-corrected chi connectivity index (χ2v) is 3.00. The van der Waals surface area contributed by atoms with Gasteiger partial charge in [-0.05, 0) is 6.92 Å². The van der Waals surface area contributed by atoms with Gasteiger partial charge >= 0.3 is 0 Å². The monoisotopic (exact) mass is 174 g/mol. The summed E-state index contributed by atoms with van der Waals surface area (Å²) in [6, 6.07) is 0.347. The Morgan fingerprint density at radius 3 is 3.00 bits per heavy atom. The van der Waals surface area contributed by atoms with E-state index in [1.165, 1.54) is 0 Å². The average molecular weight is 174 g/mol. The molecule has 0 aromatic carbocycles. The van der Waals surface area contributed by atoms with Crippen LogP contribution in [0.4, 0.5) is 0 Å². The van der Waals surface area contributed by atoms with Crippen LogP contribution < -0.4 is 10.6 Å². The lowest BCUT2D eigenvalue weighted by atomic mass is 10.1. The lowest BCUT2D eigenvalue weighted by Crippen LogP contribution is -2.49. The fourth-order valence-electron chi connectivity index (χ4n) is 1.38. The highest BCUT2D eigenvalue weighted by molar-refractivity contribution is 4.75. The summed E-state index contributed by atoms with van der Waals surface area (Å²) in [5, 5.41) is 15.9. The van der Waals surface area contributed by atoms with E-state index < -0.39 is 6.29 Å². The van der Waals surface area contributed by atoms with E-state index in [0.29, 0.717) is 19.1 Å². The van der Waals surface area contributed by atoms with Crippen molar-refractivity contribution in [3.63, 3.8) is 0 Å². The molecule has 0 amide bonds. The molecule has 1 fully saturated rings. The van der Waals surface area contributed by atoms with E-state index in [4.69, 9.17) is 4.74 Å². The number of aliphatic hydroxyl groups is 1. The molecule has 0 spiro atoms. The van der Waals surface area contributed by atoms with Crippen LogP contribution in [0.1, 0.15) is 13.3 Å². The molecule has 1 saturated heterocycles. The minimum absolute atomic E-state index is 0.347. The molecule has 1 heterocycles. The lowest BCUT2D eigenvalue weighted by molar-refractivity contribution is -0.103. The van der Waals surface area contributed by atoms with Crippen LogP contribution in [-0.2, 0) is 4.74 Å². The van der Waals surface area contributed by atoms with Gasteiger partial charge in [-0.3, -0.25) is 0 Å². The summed E-state index contributed by atoms with van der Waals surface area (Å²) >= 11 is 0. The topological polar surface area (TPSA) is 53.5 Å². The number of aliphatic hydroxyl groups excluding tert-OH is 1. The number of nitrogens with one attached hydrogen (secondary N) is 2.